The molecule has 0 bridgehead atoms. The van der Waals surface area contributed by atoms with Gasteiger partial charge in [0.25, 0.3) is 0 Å². The maximum Gasteiger partial charge on any atom is 0.225 e. The second-order valence-corrected chi connectivity index (χ2v) is 4.87. The molecule has 0 saturated heterocycles. The van der Waals surface area contributed by atoms with E-state index in [2.05, 4.69) is 26.2 Å². The average Bonchev–Trinajstić information content (AvgIpc) is 2.29. The minimum absolute atomic E-state index is 0.0353. The Hall–Kier alpha value is -0.940. The van der Waals surface area contributed by atoms with E-state index in [0.717, 1.165) is 10.0 Å². The molecule has 0 spiro atoms. The van der Waals surface area contributed by atoms with Crippen LogP contribution in [0.3, 0.4) is 0 Å². The topological polar surface area (TPSA) is 51.2 Å². The molecule has 1 unspecified atom stereocenters. The van der Waals surface area contributed by atoms with Gasteiger partial charge in [0.2, 0.25) is 5.91 Å². The lowest BCUT2D eigenvalue weighted by Gasteiger charge is -2.10. The number of hydrogen-bond acceptors (Lipinski definition) is 3. The number of aromatic nitrogens is 1. The molecule has 4 nitrogen and oxygen atoms in total. The molecular weight excluding hydrogens is 284 g/mol. The molecule has 0 saturated carbocycles. The molecule has 5 heteroatoms. The highest BCUT2D eigenvalue weighted by Crippen LogP contribution is 2.17. The average molecular weight is 301 g/mol. The normalized spacial score (nSPS) is 12.2. The van der Waals surface area contributed by atoms with Crippen molar-refractivity contribution in [3.8, 4) is 0 Å². The van der Waals surface area contributed by atoms with Crippen molar-refractivity contribution in [3.63, 3.8) is 0 Å². The largest absolute Gasteiger partial charge is 0.382 e. The molecule has 0 aromatic carbocycles. The van der Waals surface area contributed by atoms with Gasteiger partial charge in [-0.05, 0) is 47.8 Å². The number of hydrogen-bond donors (Lipinski definition) is 1. The SMILES string of the molecule is COC(C)CCC(=O)Nc1ncc(Br)cc1C. The van der Waals surface area contributed by atoms with Crippen molar-refractivity contribution in [3.05, 3.63) is 22.3 Å². The van der Waals surface area contributed by atoms with Crippen LogP contribution in [0.4, 0.5) is 5.82 Å². The summed E-state index contributed by atoms with van der Waals surface area (Å²) in [5.41, 5.74) is 0.938. The fraction of sp³-hybridized carbons (Fsp3) is 0.500. The second kappa shape index (κ2) is 6.71. The number of nitrogens with zero attached hydrogens (tertiary/aromatic N) is 1. The van der Waals surface area contributed by atoms with Gasteiger partial charge in [-0.25, -0.2) is 4.98 Å². The van der Waals surface area contributed by atoms with Crippen LogP contribution in [0.1, 0.15) is 25.3 Å². The van der Waals surface area contributed by atoms with Gasteiger partial charge in [-0.3, -0.25) is 4.79 Å². The number of halogens is 1. The summed E-state index contributed by atoms with van der Waals surface area (Å²) in [6.07, 6.45) is 2.91. The van der Waals surface area contributed by atoms with Crippen molar-refractivity contribution in [1.29, 1.82) is 0 Å². The smallest absolute Gasteiger partial charge is 0.225 e. The predicted octanol–water partition coefficient (Wildman–Crippen LogP) is 2.91. The van der Waals surface area contributed by atoms with E-state index in [0.29, 0.717) is 18.7 Å². The molecule has 1 heterocycles. The molecule has 0 aliphatic rings. The van der Waals surface area contributed by atoms with Crippen LogP contribution in [0, 0.1) is 6.92 Å². The van der Waals surface area contributed by atoms with Crippen molar-refractivity contribution in [2.24, 2.45) is 0 Å². The number of aryl methyl sites for hydroxylation is 1. The number of rotatable bonds is 5. The van der Waals surface area contributed by atoms with E-state index in [1.54, 1.807) is 13.3 Å². The maximum atomic E-state index is 11.7. The summed E-state index contributed by atoms with van der Waals surface area (Å²) in [4.78, 5) is 15.8. The van der Waals surface area contributed by atoms with Gasteiger partial charge in [0.1, 0.15) is 5.82 Å². The van der Waals surface area contributed by atoms with Crippen molar-refractivity contribution in [2.45, 2.75) is 32.8 Å². The molecule has 17 heavy (non-hydrogen) atoms. The minimum Gasteiger partial charge on any atom is -0.382 e. The number of carbonyl (C=O) groups is 1. The first kappa shape index (κ1) is 14.1. The fourth-order valence-electron chi connectivity index (χ4n) is 1.32. The van der Waals surface area contributed by atoms with Gasteiger partial charge in [-0.2, -0.15) is 0 Å². The van der Waals surface area contributed by atoms with Crippen LogP contribution in [0.2, 0.25) is 0 Å². The molecule has 94 valence electrons. The Morgan fingerprint density at radius 1 is 1.65 bits per heavy atom. The first-order valence-electron chi connectivity index (χ1n) is 5.47. The number of amides is 1. The predicted molar refractivity (Wildman–Crippen MR) is 71.0 cm³/mol. The number of carbonyl (C=O) groups excluding carboxylic acids is 1. The summed E-state index contributed by atoms with van der Waals surface area (Å²) in [5, 5.41) is 2.79. The zero-order valence-electron chi connectivity index (χ0n) is 10.3. The Morgan fingerprint density at radius 3 is 2.94 bits per heavy atom. The number of anilines is 1. The summed E-state index contributed by atoms with van der Waals surface area (Å²) in [5.74, 6) is 0.579. The quantitative estimate of drug-likeness (QED) is 0.909. The van der Waals surface area contributed by atoms with Crippen LogP contribution in [-0.2, 0) is 9.53 Å². The molecule has 0 aliphatic heterocycles. The molecule has 1 aromatic rings. The highest BCUT2D eigenvalue weighted by atomic mass is 79.9. The Bertz CT molecular complexity index is 396. The van der Waals surface area contributed by atoms with E-state index in [9.17, 15) is 4.79 Å². The van der Waals surface area contributed by atoms with Crippen LogP contribution >= 0.6 is 15.9 Å². The van der Waals surface area contributed by atoms with E-state index >= 15 is 0 Å². The molecule has 0 radical (unpaired) electrons. The molecule has 1 N–H and O–H groups in total. The molecule has 1 aromatic heterocycles. The van der Waals surface area contributed by atoms with E-state index in [1.165, 1.54) is 0 Å². The van der Waals surface area contributed by atoms with Crippen molar-refractivity contribution >= 4 is 27.7 Å². The monoisotopic (exact) mass is 300 g/mol. The van der Waals surface area contributed by atoms with Crippen molar-refractivity contribution < 1.29 is 9.53 Å². The zero-order chi connectivity index (χ0) is 12.8. The lowest BCUT2D eigenvalue weighted by molar-refractivity contribution is -0.116. The third-order valence-corrected chi connectivity index (χ3v) is 2.92. The highest BCUT2D eigenvalue weighted by molar-refractivity contribution is 9.10. The molecule has 1 rings (SSSR count). The number of nitrogens with one attached hydrogen (secondary N) is 1. The Morgan fingerprint density at radius 2 is 2.35 bits per heavy atom. The van der Waals surface area contributed by atoms with Crippen LogP contribution in [-0.4, -0.2) is 24.1 Å². The third kappa shape index (κ3) is 4.83. The van der Waals surface area contributed by atoms with Crippen molar-refractivity contribution in [2.75, 3.05) is 12.4 Å². The van der Waals surface area contributed by atoms with E-state index in [-0.39, 0.29) is 12.0 Å². The minimum atomic E-state index is -0.0353. The van der Waals surface area contributed by atoms with Gasteiger partial charge in [0.05, 0.1) is 6.10 Å². The zero-order valence-corrected chi connectivity index (χ0v) is 11.9. The fourth-order valence-corrected chi connectivity index (χ4v) is 1.76. The summed E-state index contributed by atoms with van der Waals surface area (Å²) < 4.78 is 5.99. The number of pyridine rings is 1. The van der Waals surface area contributed by atoms with Crippen LogP contribution < -0.4 is 5.32 Å². The standard InChI is InChI=1S/C12H17BrN2O2/c1-8-6-10(13)7-14-12(8)15-11(16)5-4-9(2)17-3/h6-7,9H,4-5H2,1-3H3,(H,14,15,16). The first-order chi connectivity index (χ1) is 8.02. The molecule has 1 atom stereocenters. The van der Waals surface area contributed by atoms with Crippen LogP contribution in [0.5, 0.6) is 0 Å². The van der Waals surface area contributed by atoms with Gasteiger partial charge in [0.15, 0.2) is 0 Å². The number of ether oxygens (including phenoxy) is 1. The Kier molecular flexibility index (Phi) is 5.58. The first-order valence-corrected chi connectivity index (χ1v) is 6.27. The van der Waals surface area contributed by atoms with Gasteiger partial charge >= 0.3 is 0 Å². The van der Waals surface area contributed by atoms with Crippen LogP contribution in [0.25, 0.3) is 0 Å². The summed E-state index contributed by atoms with van der Waals surface area (Å²) in [6, 6.07) is 1.92. The molecular formula is C12H17BrN2O2. The Balaban J connectivity index is 2.50. The number of methoxy groups -OCH3 is 1. The summed E-state index contributed by atoms with van der Waals surface area (Å²) in [7, 11) is 1.64. The van der Waals surface area contributed by atoms with Crippen LogP contribution in [0.15, 0.2) is 16.7 Å². The van der Waals surface area contributed by atoms with Gasteiger partial charge in [-0.1, -0.05) is 0 Å². The maximum absolute atomic E-state index is 11.7. The van der Waals surface area contributed by atoms with Gasteiger partial charge in [-0.15, -0.1) is 0 Å². The molecule has 1 amide bonds. The lowest BCUT2D eigenvalue weighted by atomic mass is 10.2. The Labute approximate surface area is 110 Å². The van der Waals surface area contributed by atoms with Gasteiger partial charge < -0.3 is 10.1 Å². The lowest BCUT2D eigenvalue weighted by Crippen LogP contribution is -2.16. The summed E-state index contributed by atoms with van der Waals surface area (Å²) >= 11 is 3.33. The summed E-state index contributed by atoms with van der Waals surface area (Å²) in [6.45, 7) is 3.85. The molecule has 0 fully saturated rings. The van der Waals surface area contributed by atoms with Crippen molar-refractivity contribution in [1.82, 2.24) is 4.98 Å². The second-order valence-electron chi connectivity index (χ2n) is 3.95. The van der Waals surface area contributed by atoms with E-state index < -0.39 is 0 Å². The van der Waals surface area contributed by atoms with E-state index in [1.807, 2.05) is 19.9 Å². The third-order valence-electron chi connectivity index (χ3n) is 2.48. The highest BCUT2D eigenvalue weighted by Gasteiger charge is 2.08. The van der Waals surface area contributed by atoms with E-state index in [4.69, 9.17) is 4.74 Å². The molecule has 0 aliphatic carbocycles. The van der Waals surface area contributed by atoms with Gasteiger partial charge in [0, 0.05) is 24.2 Å².